The van der Waals surface area contributed by atoms with Gasteiger partial charge in [-0.15, -0.1) is 0 Å². The maximum absolute atomic E-state index is 12.3. The number of alkyl halides is 3. The standard InChI is InChI=1S/C13H17BrF3NO2/c14-11-3-1-10(2-4-11)12(20)5-6-18(7-8-19)9-13(15,16)17/h1-4,12,19-20H,5-9H2. The van der Waals surface area contributed by atoms with Crippen LogP contribution in [-0.4, -0.2) is 47.5 Å². The molecule has 7 heteroatoms. The molecular formula is C13H17BrF3NO2. The zero-order valence-corrected chi connectivity index (χ0v) is 12.4. The molecule has 0 heterocycles. The minimum Gasteiger partial charge on any atom is -0.395 e. The molecule has 1 unspecified atom stereocenters. The van der Waals surface area contributed by atoms with Gasteiger partial charge >= 0.3 is 6.18 Å². The molecule has 0 radical (unpaired) electrons. The molecule has 0 spiro atoms. The second-order valence-corrected chi connectivity index (χ2v) is 5.39. The van der Waals surface area contributed by atoms with Gasteiger partial charge in [0.15, 0.2) is 0 Å². The first kappa shape index (κ1) is 17.4. The summed E-state index contributed by atoms with van der Waals surface area (Å²) in [6.07, 6.45) is -4.95. The van der Waals surface area contributed by atoms with Crippen LogP contribution in [0.2, 0.25) is 0 Å². The average molecular weight is 356 g/mol. The van der Waals surface area contributed by atoms with Crippen LogP contribution in [0.4, 0.5) is 13.2 Å². The van der Waals surface area contributed by atoms with E-state index in [0.29, 0.717) is 5.56 Å². The van der Waals surface area contributed by atoms with Crippen molar-refractivity contribution in [3.05, 3.63) is 34.3 Å². The molecule has 0 aliphatic carbocycles. The van der Waals surface area contributed by atoms with Crippen LogP contribution >= 0.6 is 15.9 Å². The molecule has 2 N–H and O–H groups in total. The summed E-state index contributed by atoms with van der Waals surface area (Å²) in [5.74, 6) is 0. The predicted octanol–water partition coefficient (Wildman–Crippen LogP) is 2.73. The maximum Gasteiger partial charge on any atom is 0.401 e. The van der Waals surface area contributed by atoms with Gasteiger partial charge in [-0.25, -0.2) is 0 Å². The highest BCUT2D eigenvalue weighted by atomic mass is 79.9. The Hall–Kier alpha value is -0.630. The summed E-state index contributed by atoms with van der Waals surface area (Å²) >= 11 is 3.27. The number of hydrogen-bond donors (Lipinski definition) is 2. The van der Waals surface area contributed by atoms with Gasteiger partial charge in [0.1, 0.15) is 0 Å². The van der Waals surface area contributed by atoms with Gasteiger partial charge in [-0.3, -0.25) is 4.90 Å². The van der Waals surface area contributed by atoms with Crippen molar-refractivity contribution in [2.75, 3.05) is 26.2 Å². The number of halogens is 4. The Kier molecular flexibility index (Phi) is 6.94. The zero-order chi connectivity index (χ0) is 15.2. The molecule has 1 rings (SSSR count). The van der Waals surface area contributed by atoms with E-state index in [-0.39, 0.29) is 26.1 Å². The summed E-state index contributed by atoms with van der Waals surface area (Å²) in [4.78, 5) is 1.09. The molecule has 114 valence electrons. The molecule has 0 saturated carbocycles. The van der Waals surface area contributed by atoms with Gasteiger partial charge in [0, 0.05) is 17.6 Å². The minimum absolute atomic E-state index is 0.0629. The minimum atomic E-state index is -4.31. The van der Waals surface area contributed by atoms with Crippen LogP contribution in [0.25, 0.3) is 0 Å². The molecule has 0 aliphatic rings. The molecule has 1 aromatic carbocycles. The van der Waals surface area contributed by atoms with Gasteiger partial charge < -0.3 is 10.2 Å². The van der Waals surface area contributed by atoms with E-state index in [0.717, 1.165) is 9.37 Å². The lowest BCUT2D eigenvalue weighted by atomic mass is 10.1. The number of rotatable bonds is 7. The number of nitrogens with zero attached hydrogens (tertiary/aromatic N) is 1. The van der Waals surface area contributed by atoms with E-state index >= 15 is 0 Å². The zero-order valence-electron chi connectivity index (χ0n) is 10.8. The summed E-state index contributed by atoms with van der Waals surface area (Å²) in [6, 6.07) is 6.96. The molecule has 20 heavy (non-hydrogen) atoms. The highest BCUT2D eigenvalue weighted by molar-refractivity contribution is 9.10. The van der Waals surface area contributed by atoms with Gasteiger partial charge in [0.25, 0.3) is 0 Å². The molecule has 0 aromatic heterocycles. The van der Waals surface area contributed by atoms with Gasteiger partial charge in [0.05, 0.1) is 19.3 Å². The van der Waals surface area contributed by atoms with Crippen LogP contribution in [0.1, 0.15) is 18.1 Å². The van der Waals surface area contributed by atoms with E-state index in [4.69, 9.17) is 5.11 Å². The molecule has 1 atom stereocenters. The van der Waals surface area contributed by atoms with Crippen molar-refractivity contribution < 1.29 is 23.4 Å². The normalized spacial score (nSPS) is 13.8. The van der Waals surface area contributed by atoms with E-state index in [1.807, 2.05) is 0 Å². The summed E-state index contributed by atoms with van der Waals surface area (Å²) in [5.41, 5.74) is 0.657. The molecule has 0 amide bonds. The smallest absolute Gasteiger partial charge is 0.395 e. The van der Waals surface area contributed by atoms with Crippen LogP contribution in [0.5, 0.6) is 0 Å². The molecule has 1 aromatic rings. The Bertz CT molecular complexity index is 398. The fraction of sp³-hybridized carbons (Fsp3) is 0.538. The fourth-order valence-electron chi connectivity index (χ4n) is 1.82. The Morgan fingerprint density at radius 3 is 2.25 bits per heavy atom. The molecular weight excluding hydrogens is 339 g/mol. The molecule has 0 aliphatic heterocycles. The topological polar surface area (TPSA) is 43.7 Å². The lowest BCUT2D eigenvalue weighted by Gasteiger charge is -2.24. The van der Waals surface area contributed by atoms with Crippen molar-refractivity contribution in [3.63, 3.8) is 0 Å². The number of aliphatic hydroxyl groups is 2. The van der Waals surface area contributed by atoms with E-state index in [1.165, 1.54) is 0 Å². The van der Waals surface area contributed by atoms with Crippen LogP contribution < -0.4 is 0 Å². The second-order valence-electron chi connectivity index (χ2n) is 4.47. The predicted molar refractivity (Wildman–Crippen MR) is 73.3 cm³/mol. The Labute approximate surface area is 124 Å². The average Bonchev–Trinajstić information content (AvgIpc) is 2.35. The summed E-state index contributed by atoms with van der Waals surface area (Å²) < 4.78 is 37.9. The van der Waals surface area contributed by atoms with Crippen molar-refractivity contribution in [1.29, 1.82) is 0 Å². The van der Waals surface area contributed by atoms with Gasteiger partial charge in [-0.05, 0) is 24.1 Å². The van der Waals surface area contributed by atoms with E-state index in [2.05, 4.69) is 15.9 Å². The van der Waals surface area contributed by atoms with Crippen LogP contribution in [-0.2, 0) is 0 Å². The van der Waals surface area contributed by atoms with Crippen molar-refractivity contribution in [1.82, 2.24) is 4.90 Å². The first-order valence-corrected chi connectivity index (χ1v) is 6.94. The van der Waals surface area contributed by atoms with Gasteiger partial charge in [-0.2, -0.15) is 13.2 Å². The fourth-order valence-corrected chi connectivity index (χ4v) is 2.09. The quantitative estimate of drug-likeness (QED) is 0.790. The van der Waals surface area contributed by atoms with Gasteiger partial charge in [0.2, 0.25) is 0 Å². The highest BCUT2D eigenvalue weighted by Crippen LogP contribution is 2.21. The highest BCUT2D eigenvalue weighted by Gasteiger charge is 2.30. The summed E-state index contributed by atoms with van der Waals surface area (Å²) in [6.45, 7) is -1.42. The molecule has 3 nitrogen and oxygen atoms in total. The lowest BCUT2D eigenvalue weighted by Crippen LogP contribution is -2.37. The first-order valence-electron chi connectivity index (χ1n) is 6.15. The molecule has 0 fully saturated rings. The Balaban J connectivity index is 2.51. The maximum atomic E-state index is 12.3. The van der Waals surface area contributed by atoms with Gasteiger partial charge in [-0.1, -0.05) is 28.1 Å². The van der Waals surface area contributed by atoms with Crippen molar-refractivity contribution in [2.24, 2.45) is 0 Å². The third-order valence-corrected chi connectivity index (χ3v) is 3.32. The van der Waals surface area contributed by atoms with Crippen LogP contribution in [0.3, 0.4) is 0 Å². The van der Waals surface area contributed by atoms with Crippen LogP contribution in [0, 0.1) is 0 Å². The third-order valence-electron chi connectivity index (χ3n) is 2.79. The third kappa shape index (κ3) is 6.69. The lowest BCUT2D eigenvalue weighted by molar-refractivity contribution is -0.147. The number of benzene rings is 1. The number of hydrogen-bond acceptors (Lipinski definition) is 3. The Morgan fingerprint density at radius 2 is 1.75 bits per heavy atom. The van der Waals surface area contributed by atoms with E-state index in [1.54, 1.807) is 24.3 Å². The monoisotopic (exact) mass is 355 g/mol. The molecule has 0 saturated heterocycles. The van der Waals surface area contributed by atoms with E-state index < -0.39 is 18.8 Å². The summed E-state index contributed by atoms with van der Waals surface area (Å²) in [7, 11) is 0. The molecule has 0 bridgehead atoms. The summed E-state index contributed by atoms with van der Waals surface area (Å²) in [5, 5.41) is 18.7. The second kappa shape index (κ2) is 7.97. The van der Waals surface area contributed by atoms with E-state index in [9.17, 15) is 18.3 Å². The first-order chi connectivity index (χ1) is 9.31. The SMILES string of the molecule is OCCN(CCC(O)c1ccc(Br)cc1)CC(F)(F)F. The van der Waals surface area contributed by atoms with Crippen molar-refractivity contribution >= 4 is 15.9 Å². The van der Waals surface area contributed by atoms with Crippen molar-refractivity contribution in [3.8, 4) is 0 Å². The van der Waals surface area contributed by atoms with Crippen molar-refractivity contribution in [2.45, 2.75) is 18.7 Å². The Morgan fingerprint density at radius 1 is 1.15 bits per heavy atom. The van der Waals surface area contributed by atoms with Crippen LogP contribution in [0.15, 0.2) is 28.7 Å². The largest absolute Gasteiger partial charge is 0.401 e. The number of aliphatic hydroxyl groups excluding tert-OH is 2.